The summed E-state index contributed by atoms with van der Waals surface area (Å²) in [5.41, 5.74) is 3.15. The van der Waals surface area contributed by atoms with Crippen LogP contribution in [0.3, 0.4) is 0 Å². The molecule has 1 fully saturated rings. The van der Waals surface area contributed by atoms with Gasteiger partial charge in [0.05, 0.1) is 0 Å². The monoisotopic (exact) mass is 726 g/mol. The maximum absolute atomic E-state index is 4.80. The molecule has 1 rings (SSSR count). The largest absolute Gasteiger partial charge is 0.303 e. The molecule has 3 unspecified atom stereocenters. The summed E-state index contributed by atoms with van der Waals surface area (Å²) in [5.74, 6) is 2.68. The molecule has 0 saturated carbocycles. The Morgan fingerprint density at radius 2 is 0.885 bits per heavy atom. The van der Waals surface area contributed by atoms with E-state index in [1.54, 1.807) is 5.57 Å². The van der Waals surface area contributed by atoms with E-state index in [1.807, 2.05) is 0 Å². The molecule has 1 saturated heterocycles. The first-order chi connectivity index (χ1) is 25.5. The molecule has 0 spiro atoms. The minimum atomic E-state index is 0.774. The zero-order valence-corrected chi connectivity index (χ0v) is 36.9. The molecule has 1 heterocycles. The van der Waals surface area contributed by atoms with E-state index < -0.39 is 0 Å². The molecule has 0 aromatic heterocycles. The fraction of sp³-hybridized carbons (Fsp3) is 0.922. The van der Waals surface area contributed by atoms with Crippen molar-refractivity contribution in [2.75, 3.05) is 19.6 Å². The van der Waals surface area contributed by atoms with E-state index in [-0.39, 0.29) is 0 Å². The highest BCUT2D eigenvalue weighted by Gasteiger charge is 2.22. The number of nitrogens with zero attached hydrogens (tertiary/aromatic N) is 1. The van der Waals surface area contributed by atoms with E-state index in [9.17, 15) is 0 Å². The highest BCUT2D eigenvalue weighted by atomic mass is 15.1. The Hall–Kier alpha value is -0.560. The number of allylic oxidation sites excluding steroid dienone is 2. The Bertz CT molecular complexity index is 767. The van der Waals surface area contributed by atoms with E-state index >= 15 is 0 Å². The van der Waals surface area contributed by atoms with Gasteiger partial charge in [0.25, 0.3) is 0 Å². The summed E-state index contributed by atoms with van der Waals surface area (Å²) in [6.45, 7) is 22.8. The van der Waals surface area contributed by atoms with Gasteiger partial charge < -0.3 is 4.90 Å². The molecule has 0 bridgehead atoms. The molecule has 0 amide bonds. The van der Waals surface area contributed by atoms with Crippen LogP contribution in [0.15, 0.2) is 24.3 Å². The van der Waals surface area contributed by atoms with Gasteiger partial charge in [-0.25, -0.2) is 0 Å². The number of hydrogen-bond donors (Lipinski definition) is 0. The topological polar surface area (TPSA) is 3.24 Å². The molecule has 3 atom stereocenters. The first-order valence-corrected chi connectivity index (χ1v) is 24.6. The fourth-order valence-corrected chi connectivity index (χ4v) is 9.46. The van der Waals surface area contributed by atoms with Gasteiger partial charge >= 0.3 is 0 Å². The van der Waals surface area contributed by atoms with Crippen molar-refractivity contribution in [3.05, 3.63) is 24.3 Å². The molecule has 0 aromatic carbocycles. The van der Waals surface area contributed by atoms with Gasteiger partial charge in [0.15, 0.2) is 0 Å². The van der Waals surface area contributed by atoms with Crippen LogP contribution in [0, 0.1) is 17.8 Å². The van der Waals surface area contributed by atoms with E-state index in [1.165, 1.54) is 263 Å². The zero-order chi connectivity index (χ0) is 37.7. The van der Waals surface area contributed by atoms with Crippen LogP contribution < -0.4 is 0 Å². The number of rotatable bonds is 16. The second kappa shape index (κ2) is 37.4. The molecule has 0 N–H and O–H groups in total. The molecule has 1 heteroatoms. The van der Waals surface area contributed by atoms with Crippen molar-refractivity contribution in [3.8, 4) is 0 Å². The van der Waals surface area contributed by atoms with E-state index in [2.05, 4.69) is 39.2 Å². The van der Waals surface area contributed by atoms with Gasteiger partial charge in [0, 0.05) is 0 Å². The van der Waals surface area contributed by atoms with Crippen LogP contribution >= 0.6 is 0 Å². The van der Waals surface area contributed by atoms with Crippen LogP contribution in [-0.2, 0) is 0 Å². The SMILES string of the molecule is C=C1CCCCCCCN(CCC)CCCCCCCCCC(=C)C(CCCCCCCC)CCCC(CCCC)C(CCCCC)CCCCC1. The first-order valence-electron chi connectivity index (χ1n) is 24.6. The minimum absolute atomic E-state index is 0.774. The van der Waals surface area contributed by atoms with Gasteiger partial charge in [-0.2, -0.15) is 0 Å². The lowest BCUT2D eigenvalue weighted by molar-refractivity contribution is 0.235. The van der Waals surface area contributed by atoms with E-state index in [4.69, 9.17) is 6.58 Å². The third-order valence-electron chi connectivity index (χ3n) is 13.0. The highest BCUT2D eigenvalue weighted by Crippen LogP contribution is 2.35. The van der Waals surface area contributed by atoms with Gasteiger partial charge in [-0.3, -0.25) is 0 Å². The average Bonchev–Trinajstić information content (AvgIpc) is 3.14. The van der Waals surface area contributed by atoms with Crippen LogP contribution in [0.2, 0.25) is 0 Å². The standard InChI is InChI=1S/C51H99N/c1-7-11-14-15-22-30-39-49-42-34-43-50(38-13-9-3)51(40-26-12-8-2)41-31-25-28-36-47(5)35-27-20-19-24-33-46-52(44-10-4)45-32-23-18-16-17-21-29-37-48(49)6/h49-51H,5-46H2,1-4H3. The second-order valence-corrected chi connectivity index (χ2v) is 17.9. The van der Waals surface area contributed by atoms with E-state index in [0.29, 0.717) is 0 Å². The van der Waals surface area contributed by atoms with Gasteiger partial charge in [-0.1, -0.05) is 219 Å². The van der Waals surface area contributed by atoms with Crippen molar-refractivity contribution in [1.82, 2.24) is 4.90 Å². The van der Waals surface area contributed by atoms with E-state index in [0.717, 1.165) is 17.8 Å². The van der Waals surface area contributed by atoms with Crippen LogP contribution in [-0.4, -0.2) is 24.5 Å². The lowest BCUT2D eigenvalue weighted by atomic mass is 9.77. The van der Waals surface area contributed by atoms with Crippen LogP contribution in [0.1, 0.15) is 265 Å². The predicted octanol–water partition coefficient (Wildman–Crippen LogP) is 17.8. The average molecular weight is 726 g/mol. The Labute approximate surface area is 330 Å². The van der Waals surface area contributed by atoms with Gasteiger partial charge in [-0.05, 0) is 108 Å². The molecule has 0 radical (unpaired) electrons. The predicted molar refractivity (Wildman–Crippen MR) is 239 cm³/mol. The fourth-order valence-electron chi connectivity index (χ4n) is 9.46. The summed E-state index contributed by atoms with van der Waals surface area (Å²) < 4.78 is 0. The van der Waals surface area contributed by atoms with Crippen LogP contribution in [0.5, 0.6) is 0 Å². The maximum Gasteiger partial charge on any atom is -0.00187 e. The quantitative estimate of drug-likeness (QED) is 0.113. The van der Waals surface area contributed by atoms with Gasteiger partial charge in [-0.15, -0.1) is 0 Å². The smallest absolute Gasteiger partial charge is 0.00187 e. The first kappa shape index (κ1) is 49.5. The molecular formula is C51H99N. The third kappa shape index (κ3) is 28.8. The van der Waals surface area contributed by atoms with Crippen LogP contribution in [0.25, 0.3) is 0 Å². The normalized spacial score (nSPS) is 23.7. The van der Waals surface area contributed by atoms with Crippen LogP contribution in [0.4, 0.5) is 0 Å². The van der Waals surface area contributed by atoms with Gasteiger partial charge in [0.2, 0.25) is 0 Å². The second-order valence-electron chi connectivity index (χ2n) is 17.9. The summed E-state index contributed by atoms with van der Waals surface area (Å²) in [6.07, 6.45) is 52.0. The van der Waals surface area contributed by atoms with Crippen molar-refractivity contribution in [3.63, 3.8) is 0 Å². The van der Waals surface area contributed by atoms with Crippen molar-refractivity contribution in [2.24, 2.45) is 17.8 Å². The number of hydrogen-bond acceptors (Lipinski definition) is 1. The molecule has 0 aliphatic carbocycles. The molecule has 308 valence electrons. The van der Waals surface area contributed by atoms with Gasteiger partial charge in [0.1, 0.15) is 0 Å². The molecule has 52 heavy (non-hydrogen) atoms. The summed E-state index contributed by atoms with van der Waals surface area (Å²) in [5, 5.41) is 0. The summed E-state index contributed by atoms with van der Waals surface area (Å²) in [4.78, 5) is 2.77. The Morgan fingerprint density at radius 3 is 1.50 bits per heavy atom. The minimum Gasteiger partial charge on any atom is -0.303 e. The highest BCUT2D eigenvalue weighted by molar-refractivity contribution is 5.00. The summed E-state index contributed by atoms with van der Waals surface area (Å²) in [7, 11) is 0. The molecular weight excluding hydrogens is 627 g/mol. The maximum atomic E-state index is 4.80. The molecule has 1 aliphatic heterocycles. The lowest BCUT2D eigenvalue weighted by Gasteiger charge is -2.29. The molecule has 1 aliphatic rings. The zero-order valence-electron chi connectivity index (χ0n) is 36.9. The Kier molecular flexibility index (Phi) is 35.5. The Balaban J connectivity index is 2.86. The molecule has 1 nitrogen and oxygen atoms in total. The Morgan fingerprint density at radius 1 is 0.423 bits per heavy atom. The number of unbranched alkanes of at least 4 members (excludes halogenated alkanes) is 8. The van der Waals surface area contributed by atoms with Crippen molar-refractivity contribution in [1.29, 1.82) is 0 Å². The molecule has 0 aromatic rings. The van der Waals surface area contributed by atoms with Crippen molar-refractivity contribution >= 4 is 0 Å². The van der Waals surface area contributed by atoms with Crippen molar-refractivity contribution in [2.45, 2.75) is 265 Å². The van der Waals surface area contributed by atoms with Crippen molar-refractivity contribution < 1.29 is 0 Å². The third-order valence-corrected chi connectivity index (χ3v) is 13.0. The summed E-state index contributed by atoms with van der Waals surface area (Å²) in [6, 6.07) is 0. The lowest BCUT2D eigenvalue weighted by Crippen LogP contribution is -2.27. The summed E-state index contributed by atoms with van der Waals surface area (Å²) >= 11 is 0.